The zero-order chi connectivity index (χ0) is 22.6. The number of pyridine rings is 2. The van der Waals surface area contributed by atoms with Crippen molar-refractivity contribution in [2.45, 2.75) is 31.4 Å². The van der Waals surface area contributed by atoms with Crippen LogP contribution in [-0.4, -0.2) is 36.4 Å². The van der Waals surface area contributed by atoms with Crippen molar-refractivity contribution in [2.75, 3.05) is 5.73 Å². The standard InChI is InChI=1S/C23H21FN6O2/c1-23(32)10-13(11-23)30-21(25)17(22(26)31)19(29-30)14-7-6-12-4-2-8-27-18(12)16(14)20-15(24)5-3-9-28-20/h2-9,13,32H,10-11,25H2,1H3,(H2,26,31). The molecule has 1 aromatic carbocycles. The Hall–Kier alpha value is -3.85. The van der Waals surface area contributed by atoms with E-state index in [9.17, 15) is 14.3 Å². The molecule has 1 amide bonds. The largest absolute Gasteiger partial charge is 0.390 e. The SMILES string of the molecule is CC1(O)CC(n2nc(-c3ccc4cccnc4c3-c3ncccc3F)c(C(N)=O)c2N)C1. The number of nitrogens with zero attached hydrogens (tertiary/aromatic N) is 4. The fourth-order valence-corrected chi connectivity index (χ4v) is 4.44. The van der Waals surface area contributed by atoms with Gasteiger partial charge in [-0.15, -0.1) is 0 Å². The number of amides is 1. The Labute approximate surface area is 182 Å². The number of hydrogen-bond acceptors (Lipinski definition) is 6. The van der Waals surface area contributed by atoms with E-state index in [1.165, 1.54) is 23.0 Å². The summed E-state index contributed by atoms with van der Waals surface area (Å²) in [5, 5.41) is 15.5. The molecule has 5 rings (SSSR count). The highest BCUT2D eigenvalue weighted by Crippen LogP contribution is 2.45. The maximum atomic E-state index is 14.9. The van der Waals surface area contributed by atoms with Crippen LogP contribution >= 0.6 is 0 Å². The lowest BCUT2D eigenvalue weighted by atomic mass is 9.77. The van der Waals surface area contributed by atoms with Crippen LogP contribution in [0, 0.1) is 5.82 Å². The number of primary amides is 1. The summed E-state index contributed by atoms with van der Waals surface area (Å²) < 4.78 is 16.4. The van der Waals surface area contributed by atoms with Gasteiger partial charge in [-0.3, -0.25) is 14.8 Å². The molecule has 0 spiro atoms. The monoisotopic (exact) mass is 432 g/mol. The normalized spacial score (nSPS) is 20.3. The van der Waals surface area contributed by atoms with Gasteiger partial charge < -0.3 is 16.6 Å². The Morgan fingerprint density at radius 2 is 1.88 bits per heavy atom. The second-order valence-corrected chi connectivity index (χ2v) is 8.37. The topological polar surface area (TPSA) is 133 Å². The van der Waals surface area contributed by atoms with E-state index in [0.717, 1.165) is 5.39 Å². The number of aromatic nitrogens is 4. The van der Waals surface area contributed by atoms with Crippen molar-refractivity contribution < 1.29 is 14.3 Å². The van der Waals surface area contributed by atoms with Crippen LogP contribution in [0.4, 0.5) is 10.2 Å². The number of fused-ring (bicyclic) bond motifs is 1. The molecule has 0 bridgehead atoms. The number of nitrogens with two attached hydrogens (primary N) is 2. The summed E-state index contributed by atoms with van der Waals surface area (Å²) >= 11 is 0. The molecule has 1 fully saturated rings. The van der Waals surface area contributed by atoms with Crippen molar-refractivity contribution in [1.29, 1.82) is 0 Å². The predicted octanol–water partition coefficient (Wildman–Crippen LogP) is 3.07. The maximum absolute atomic E-state index is 14.9. The fraction of sp³-hybridized carbons (Fsp3) is 0.217. The summed E-state index contributed by atoms with van der Waals surface area (Å²) in [5.41, 5.74) is 12.9. The van der Waals surface area contributed by atoms with Crippen LogP contribution in [0.25, 0.3) is 33.4 Å². The van der Waals surface area contributed by atoms with Crippen molar-refractivity contribution >= 4 is 22.6 Å². The van der Waals surface area contributed by atoms with Gasteiger partial charge in [0.05, 0.1) is 17.2 Å². The minimum Gasteiger partial charge on any atom is -0.390 e. The van der Waals surface area contributed by atoms with E-state index in [-0.39, 0.29) is 28.8 Å². The Balaban J connectivity index is 1.80. The quantitative estimate of drug-likeness (QED) is 0.454. The van der Waals surface area contributed by atoms with E-state index in [4.69, 9.17) is 11.5 Å². The van der Waals surface area contributed by atoms with Gasteiger partial charge in [-0.1, -0.05) is 18.2 Å². The zero-order valence-corrected chi connectivity index (χ0v) is 17.3. The number of rotatable bonds is 4. The lowest BCUT2D eigenvalue weighted by Crippen LogP contribution is -2.42. The van der Waals surface area contributed by atoms with Crippen molar-refractivity contribution in [3.63, 3.8) is 0 Å². The summed E-state index contributed by atoms with van der Waals surface area (Å²) in [4.78, 5) is 21.1. The average Bonchev–Trinajstić information content (AvgIpc) is 3.08. The van der Waals surface area contributed by atoms with E-state index in [0.29, 0.717) is 29.5 Å². The van der Waals surface area contributed by atoms with Crippen molar-refractivity contribution in [3.8, 4) is 22.5 Å². The summed E-state index contributed by atoms with van der Waals surface area (Å²) in [6.07, 6.45) is 3.98. The number of halogens is 1. The van der Waals surface area contributed by atoms with Gasteiger partial charge in [0.1, 0.15) is 28.6 Å². The number of nitrogen functional groups attached to an aromatic ring is 1. The second kappa shape index (κ2) is 7.10. The molecule has 1 saturated carbocycles. The highest BCUT2D eigenvalue weighted by atomic mass is 19.1. The predicted molar refractivity (Wildman–Crippen MR) is 118 cm³/mol. The fourth-order valence-electron chi connectivity index (χ4n) is 4.44. The Bertz CT molecular complexity index is 1370. The third-order valence-electron chi connectivity index (χ3n) is 5.92. The van der Waals surface area contributed by atoms with E-state index < -0.39 is 17.3 Å². The summed E-state index contributed by atoms with van der Waals surface area (Å²) in [6, 6.07) is 9.83. The maximum Gasteiger partial charge on any atom is 0.254 e. The van der Waals surface area contributed by atoms with Crippen LogP contribution < -0.4 is 11.5 Å². The minimum atomic E-state index is -0.814. The molecular formula is C23H21FN6O2. The molecule has 0 unspecified atom stereocenters. The van der Waals surface area contributed by atoms with E-state index in [1.54, 1.807) is 25.3 Å². The van der Waals surface area contributed by atoms with Gasteiger partial charge in [-0.05, 0) is 38.0 Å². The zero-order valence-electron chi connectivity index (χ0n) is 17.3. The van der Waals surface area contributed by atoms with Crippen molar-refractivity contribution in [1.82, 2.24) is 19.7 Å². The molecule has 0 atom stereocenters. The molecule has 8 nitrogen and oxygen atoms in total. The van der Waals surface area contributed by atoms with Crippen LogP contribution in [0.1, 0.15) is 36.2 Å². The molecule has 0 saturated heterocycles. The van der Waals surface area contributed by atoms with Crippen LogP contribution in [0.5, 0.6) is 0 Å². The van der Waals surface area contributed by atoms with Gasteiger partial charge in [0.2, 0.25) is 0 Å². The summed E-state index contributed by atoms with van der Waals surface area (Å²) in [7, 11) is 0. The molecule has 1 aliphatic carbocycles. The van der Waals surface area contributed by atoms with E-state index >= 15 is 0 Å². The molecule has 0 radical (unpaired) electrons. The molecule has 32 heavy (non-hydrogen) atoms. The number of hydrogen-bond donors (Lipinski definition) is 3. The van der Waals surface area contributed by atoms with Crippen molar-refractivity contribution in [2.24, 2.45) is 5.73 Å². The number of aliphatic hydroxyl groups is 1. The minimum absolute atomic E-state index is 0.0458. The van der Waals surface area contributed by atoms with Gasteiger partial charge in [0, 0.05) is 28.9 Å². The molecule has 4 aromatic rings. The van der Waals surface area contributed by atoms with Gasteiger partial charge >= 0.3 is 0 Å². The average molecular weight is 432 g/mol. The van der Waals surface area contributed by atoms with Crippen LogP contribution in [0.2, 0.25) is 0 Å². The Morgan fingerprint density at radius 3 is 2.56 bits per heavy atom. The molecule has 162 valence electrons. The molecule has 5 N–H and O–H groups in total. The highest BCUT2D eigenvalue weighted by Gasteiger charge is 2.42. The number of carbonyl (C=O) groups is 1. The first kappa shape index (κ1) is 20.1. The lowest BCUT2D eigenvalue weighted by Gasteiger charge is -2.41. The van der Waals surface area contributed by atoms with Gasteiger partial charge in [0.25, 0.3) is 5.91 Å². The van der Waals surface area contributed by atoms with Gasteiger partial charge in [0.15, 0.2) is 0 Å². The molecule has 0 aliphatic heterocycles. The lowest BCUT2D eigenvalue weighted by molar-refractivity contribution is -0.0535. The van der Waals surface area contributed by atoms with Gasteiger partial charge in [-0.2, -0.15) is 5.10 Å². The molecular weight excluding hydrogens is 411 g/mol. The molecule has 9 heteroatoms. The van der Waals surface area contributed by atoms with Crippen LogP contribution in [0.3, 0.4) is 0 Å². The first-order valence-electron chi connectivity index (χ1n) is 10.2. The first-order chi connectivity index (χ1) is 15.3. The molecule has 3 heterocycles. The Kier molecular flexibility index (Phi) is 4.45. The number of benzene rings is 1. The molecule has 1 aliphatic rings. The van der Waals surface area contributed by atoms with E-state index in [2.05, 4.69) is 15.1 Å². The Morgan fingerprint density at radius 1 is 1.16 bits per heavy atom. The smallest absolute Gasteiger partial charge is 0.254 e. The third-order valence-corrected chi connectivity index (χ3v) is 5.92. The number of anilines is 1. The van der Waals surface area contributed by atoms with Crippen molar-refractivity contribution in [3.05, 3.63) is 60.2 Å². The first-order valence-corrected chi connectivity index (χ1v) is 10.2. The second-order valence-electron chi connectivity index (χ2n) is 8.37. The van der Waals surface area contributed by atoms with Crippen LogP contribution in [0.15, 0.2) is 48.8 Å². The third kappa shape index (κ3) is 3.09. The van der Waals surface area contributed by atoms with Gasteiger partial charge in [-0.25, -0.2) is 9.07 Å². The highest BCUT2D eigenvalue weighted by molar-refractivity contribution is 6.08. The van der Waals surface area contributed by atoms with Crippen LogP contribution in [-0.2, 0) is 0 Å². The summed E-state index contributed by atoms with van der Waals surface area (Å²) in [5.74, 6) is -1.17. The van der Waals surface area contributed by atoms with E-state index in [1.807, 2.05) is 12.1 Å². The number of carbonyl (C=O) groups excluding carboxylic acids is 1. The molecule has 3 aromatic heterocycles. The summed E-state index contributed by atoms with van der Waals surface area (Å²) in [6.45, 7) is 1.73.